The fourth-order valence-corrected chi connectivity index (χ4v) is 2.30. The molecule has 106 valence electrons. The van der Waals surface area contributed by atoms with E-state index in [1.807, 2.05) is 0 Å². The fraction of sp³-hybridized carbons (Fsp3) is 0.923. The Morgan fingerprint density at radius 3 is 2.67 bits per heavy atom. The zero-order valence-corrected chi connectivity index (χ0v) is 11.6. The summed E-state index contributed by atoms with van der Waals surface area (Å²) in [5.41, 5.74) is 5.77. The molecule has 0 bridgehead atoms. The van der Waals surface area contributed by atoms with E-state index in [1.54, 1.807) is 14.0 Å². The second kappa shape index (κ2) is 8.45. The summed E-state index contributed by atoms with van der Waals surface area (Å²) >= 11 is 0. The molecule has 5 heteroatoms. The third-order valence-electron chi connectivity index (χ3n) is 3.46. The molecule has 1 atom stereocenters. The van der Waals surface area contributed by atoms with Gasteiger partial charge in [0.15, 0.2) is 0 Å². The number of hydrogen-bond acceptors (Lipinski definition) is 5. The first-order chi connectivity index (χ1) is 8.67. The molecule has 1 aliphatic rings. The molecule has 1 saturated heterocycles. The van der Waals surface area contributed by atoms with Gasteiger partial charge in [-0.25, -0.2) is 0 Å². The maximum Gasteiger partial charge on any atom is 0.322 e. The van der Waals surface area contributed by atoms with Gasteiger partial charge in [-0.1, -0.05) is 0 Å². The number of rotatable bonds is 7. The Morgan fingerprint density at radius 1 is 1.44 bits per heavy atom. The predicted molar refractivity (Wildman–Crippen MR) is 70.3 cm³/mol. The summed E-state index contributed by atoms with van der Waals surface area (Å²) < 4.78 is 10.1. The lowest BCUT2D eigenvalue weighted by atomic mass is 9.97. The number of carbonyl (C=O) groups excluding carboxylic acids is 1. The SMILES string of the molecule is CCOC(=O)C(N)CCN1CCC(COC)CC1. The standard InChI is InChI=1S/C13H26N2O3/c1-3-18-13(16)12(14)6-9-15-7-4-11(5-8-15)10-17-2/h11-12H,3-10,14H2,1-2H3. The zero-order chi connectivity index (χ0) is 13.4. The van der Waals surface area contributed by atoms with Crippen molar-refractivity contribution in [2.24, 2.45) is 11.7 Å². The first-order valence-electron chi connectivity index (χ1n) is 6.80. The van der Waals surface area contributed by atoms with Crippen LogP contribution >= 0.6 is 0 Å². The first kappa shape index (κ1) is 15.4. The van der Waals surface area contributed by atoms with Crippen LogP contribution in [-0.4, -0.2) is 56.9 Å². The van der Waals surface area contributed by atoms with E-state index in [-0.39, 0.29) is 5.97 Å². The maximum absolute atomic E-state index is 11.4. The molecule has 1 unspecified atom stereocenters. The molecule has 1 heterocycles. The molecule has 0 amide bonds. The molecule has 0 aromatic heterocycles. The van der Waals surface area contributed by atoms with Gasteiger partial charge in [0.2, 0.25) is 0 Å². The predicted octanol–water partition coefficient (Wildman–Crippen LogP) is 0.625. The van der Waals surface area contributed by atoms with Crippen LogP contribution < -0.4 is 5.73 Å². The Labute approximate surface area is 110 Å². The van der Waals surface area contributed by atoms with E-state index in [4.69, 9.17) is 15.2 Å². The van der Waals surface area contributed by atoms with Crippen molar-refractivity contribution >= 4 is 5.97 Å². The van der Waals surface area contributed by atoms with Crippen LogP contribution in [0.5, 0.6) is 0 Å². The highest BCUT2D eigenvalue weighted by molar-refractivity contribution is 5.75. The topological polar surface area (TPSA) is 64.8 Å². The van der Waals surface area contributed by atoms with Crippen LogP contribution in [0.1, 0.15) is 26.2 Å². The molecule has 0 radical (unpaired) electrons. The van der Waals surface area contributed by atoms with Crippen molar-refractivity contribution < 1.29 is 14.3 Å². The first-order valence-corrected chi connectivity index (χ1v) is 6.80. The number of hydrogen-bond donors (Lipinski definition) is 1. The molecule has 0 saturated carbocycles. The smallest absolute Gasteiger partial charge is 0.322 e. The number of methoxy groups -OCH3 is 1. The monoisotopic (exact) mass is 258 g/mol. The molecule has 1 aliphatic heterocycles. The number of carbonyl (C=O) groups is 1. The average molecular weight is 258 g/mol. The highest BCUT2D eigenvalue weighted by Gasteiger charge is 2.21. The van der Waals surface area contributed by atoms with E-state index in [9.17, 15) is 4.79 Å². The summed E-state index contributed by atoms with van der Waals surface area (Å²) in [6.07, 6.45) is 3.01. The molecule has 5 nitrogen and oxygen atoms in total. The number of piperidine rings is 1. The van der Waals surface area contributed by atoms with E-state index >= 15 is 0 Å². The summed E-state index contributed by atoms with van der Waals surface area (Å²) in [6, 6.07) is -0.485. The maximum atomic E-state index is 11.4. The summed E-state index contributed by atoms with van der Waals surface area (Å²) in [7, 11) is 1.75. The molecule has 0 aromatic rings. The molecule has 0 spiro atoms. The van der Waals surface area contributed by atoms with Gasteiger partial charge in [-0.3, -0.25) is 4.79 Å². The summed E-state index contributed by atoms with van der Waals surface area (Å²) in [6.45, 7) is 6.07. The number of nitrogens with two attached hydrogens (primary N) is 1. The summed E-state index contributed by atoms with van der Waals surface area (Å²) in [4.78, 5) is 13.7. The minimum atomic E-state index is -0.485. The van der Waals surface area contributed by atoms with Crippen molar-refractivity contribution in [1.29, 1.82) is 0 Å². The van der Waals surface area contributed by atoms with Crippen LogP contribution in [0.2, 0.25) is 0 Å². The molecule has 1 rings (SSSR count). The van der Waals surface area contributed by atoms with E-state index in [0.29, 0.717) is 18.9 Å². The second-order valence-corrected chi connectivity index (χ2v) is 4.89. The molecular weight excluding hydrogens is 232 g/mol. The highest BCUT2D eigenvalue weighted by Crippen LogP contribution is 2.17. The Balaban J connectivity index is 2.15. The Bertz CT molecular complexity index is 240. The van der Waals surface area contributed by atoms with Crippen molar-refractivity contribution in [3.8, 4) is 0 Å². The lowest BCUT2D eigenvalue weighted by Gasteiger charge is -2.31. The molecule has 18 heavy (non-hydrogen) atoms. The van der Waals surface area contributed by atoms with Gasteiger partial charge in [0, 0.05) is 20.3 Å². The van der Waals surface area contributed by atoms with Gasteiger partial charge in [-0.2, -0.15) is 0 Å². The van der Waals surface area contributed by atoms with E-state index in [2.05, 4.69) is 4.90 Å². The van der Waals surface area contributed by atoms with Crippen LogP contribution in [0.3, 0.4) is 0 Å². The van der Waals surface area contributed by atoms with Gasteiger partial charge in [-0.15, -0.1) is 0 Å². The van der Waals surface area contributed by atoms with Gasteiger partial charge in [0.05, 0.1) is 6.61 Å². The van der Waals surface area contributed by atoms with Crippen molar-refractivity contribution in [3.05, 3.63) is 0 Å². The van der Waals surface area contributed by atoms with Gasteiger partial charge in [0.1, 0.15) is 6.04 Å². The average Bonchev–Trinajstić information content (AvgIpc) is 2.38. The second-order valence-electron chi connectivity index (χ2n) is 4.89. The summed E-state index contributed by atoms with van der Waals surface area (Å²) in [5, 5.41) is 0. The third-order valence-corrected chi connectivity index (χ3v) is 3.46. The number of likely N-dealkylation sites (tertiary alicyclic amines) is 1. The van der Waals surface area contributed by atoms with Crippen LogP contribution in [0.4, 0.5) is 0 Å². The van der Waals surface area contributed by atoms with E-state index in [1.165, 1.54) is 12.8 Å². The molecule has 2 N–H and O–H groups in total. The van der Waals surface area contributed by atoms with Crippen LogP contribution in [0, 0.1) is 5.92 Å². The molecule has 1 fully saturated rings. The lowest BCUT2D eigenvalue weighted by Crippen LogP contribution is -2.40. The van der Waals surface area contributed by atoms with Crippen LogP contribution in [0.25, 0.3) is 0 Å². The van der Waals surface area contributed by atoms with Crippen LogP contribution in [0.15, 0.2) is 0 Å². The highest BCUT2D eigenvalue weighted by atomic mass is 16.5. The number of ether oxygens (including phenoxy) is 2. The normalized spacial score (nSPS) is 19.7. The Hall–Kier alpha value is -0.650. The fourth-order valence-electron chi connectivity index (χ4n) is 2.30. The van der Waals surface area contributed by atoms with Gasteiger partial charge in [-0.05, 0) is 45.2 Å². The molecule has 0 aromatic carbocycles. The number of esters is 1. The van der Waals surface area contributed by atoms with Crippen molar-refractivity contribution in [1.82, 2.24) is 4.90 Å². The molecular formula is C13H26N2O3. The quantitative estimate of drug-likeness (QED) is 0.678. The van der Waals surface area contributed by atoms with Gasteiger partial charge < -0.3 is 20.1 Å². The van der Waals surface area contributed by atoms with Crippen molar-refractivity contribution in [2.75, 3.05) is 40.0 Å². The molecule has 0 aliphatic carbocycles. The Kier molecular flexibility index (Phi) is 7.23. The Morgan fingerprint density at radius 2 is 2.11 bits per heavy atom. The lowest BCUT2D eigenvalue weighted by molar-refractivity contribution is -0.144. The largest absolute Gasteiger partial charge is 0.465 e. The number of nitrogens with zero attached hydrogens (tertiary/aromatic N) is 1. The van der Waals surface area contributed by atoms with Crippen LogP contribution in [-0.2, 0) is 14.3 Å². The van der Waals surface area contributed by atoms with Crippen molar-refractivity contribution in [2.45, 2.75) is 32.2 Å². The van der Waals surface area contributed by atoms with Gasteiger partial charge >= 0.3 is 5.97 Å². The minimum Gasteiger partial charge on any atom is -0.465 e. The minimum absolute atomic E-state index is 0.285. The summed E-state index contributed by atoms with van der Waals surface area (Å²) in [5.74, 6) is 0.400. The zero-order valence-electron chi connectivity index (χ0n) is 11.6. The van der Waals surface area contributed by atoms with Crippen molar-refractivity contribution in [3.63, 3.8) is 0 Å². The third kappa shape index (κ3) is 5.33. The van der Waals surface area contributed by atoms with E-state index in [0.717, 1.165) is 26.2 Å². The van der Waals surface area contributed by atoms with E-state index < -0.39 is 6.04 Å². The van der Waals surface area contributed by atoms with Gasteiger partial charge in [0.25, 0.3) is 0 Å².